The summed E-state index contributed by atoms with van der Waals surface area (Å²) in [7, 11) is 1.82. The number of rotatable bonds is 7. The first-order valence-corrected chi connectivity index (χ1v) is 10.2. The highest BCUT2D eigenvalue weighted by molar-refractivity contribution is 7.14. The van der Waals surface area contributed by atoms with E-state index in [1.807, 2.05) is 18.4 Å². The number of hydrogen-bond donors (Lipinski definition) is 2. The molecule has 140 valence electrons. The summed E-state index contributed by atoms with van der Waals surface area (Å²) >= 11 is 1.82. The van der Waals surface area contributed by atoms with Crippen molar-refractivity contribution in [2.75, 3.05) is 51.4 Å². The summed E-state index contributed by atoms with van der Waals surface area (Å²) in [4.78, 5) is 6.80. The lowest BCUT2D eigenvalue weighted by atomic mass is 10.1. The molecular weight excluding hydrogens is 336 g/mol. The molecule has 25 heavy (non-hydrogen) atoms. The highest BCUT2D eigenvalue weighted by Gasteiger charge is 2.20. The standard InChI is InChI=1S/C18H30N4O2S/c1-19-18(20-8-12-23-14-16-4-2-11-24-16)21-15-6-9-22(10-7-15)17-5-3-13-25-17/h3,5,13,15-16H,2,4,6-12,14H2,1H3,(H2,19,20,21). The molecule has 2 aliphatic rings. The van der Waals surface area contributed by atoms with Crippen molar-refractivity contribution in [2.45, 2.75) is 37.8 Å². The molecule has 1 unspecified atom stereocenters. The topological polar surface area (TPSA) is 58.1 Å². The van der Waals surface area contributed by atoms with Crippen LogP contribution in [0, 0.1) is 0 Å². The average Bonchev–Trinajstić information content (AvgIpc) is 3.35. The maximum Gasteiger partial charge on any atom is 0.191 e. The first-order chi connectivity index (χ1) is 12.3. The summed E-state index contributed by atoms with van der Waals surface area (Å²) in [5, 5.41) is 10.4. The Morgan fingerprint density at radius 1 is 1.40 bits per heavy atom. The molecule has 0 spiro atoms. The molecule has 3 rings (SSSR count). The second kappa shape index (κ2) is 9.99. The normalized spacial score (nSPS) is 22.4. The molecule has 0 saturated carbocycles. The maximum atomic E-state index is 5.68. The van der Waals surface area contributed by atoms with E-state index in [9.17, 15) is 0 Å². The fourth-order valence-corrected chi connectivity index (χ4v) is 4.10. The van der Waals surface area contributed by atoms with Gasteiger partial charge < -0.3 is 25.0 Å². The third kappa shape index (κ3) is 5.87. The van der Waals surface area contributed by atoms with Crippen molar-refractivity contribution in [2.24, 2.45) is 4.99 Å². The Kier molecular flexibility index (Phi) is 7.38. The quantitative estimate of drug-likeness (QED) is 0.440. The molecule has 2 N–H and O–H groups in total. The van der Waals surface area contributed by atoms with Gasteiger partial charge in [0.15, 0.2) is 5.96 Å². The maximum absolute atomic E-state index is 5.68. The van der Waals surface area contributed by atoms with Crippen molar-refractivity contribution < 1.29 is 9.47 Å². The second-order valence-electron chi connectivity index (χ2n) is 6.57. The van der Waals surface area contributed by atoms with Gasteiger partial charge in [-0.1, -0.05) is 0 Å². The van der Waals surface area contributed by atoms with Gasteiger partial charge in [0.05, 0.1) is 24.3 Å². The molecule has 1 aromatic rings. The van der Waals surface area contributed by atoms with Crippen molar-refractivity contribution in [3.8, 4) is 0 Å². The zero-order valence-electron chi connectivity index (χ0n) is 15.1. The van der Waals surface area contributed by atoms with Crippen molar-refractivity contribution in [1.29, 1.82) is 0 Å². The summed E-state index contributed by atoms with van der Waals surface area (Å²) in [5.74, 6) is 0.871. The number of aliphatic imine (C=N–C) groups is 1. The van der Waals surface area contributed by atoms with E-state index in [1.54, 1.807) is 0 Å². The molecule has 2 saturated heterocycles. The third-order valence-electron chi connectivity index (χ3n) is 4.74. The molecular formula is C18H30N4O2S. The fraction of sp³-hybridized carbons (Fsp3) is 0.722. The van der Waals surface area contributed by atoms with Crippen LogP contribution in [0.5, 0.6) is 0 Å². The fourth-order valence-electron chi connectivity index (χ4n) is 3.31. The lowest BCUT2D eigenvalue weighted by Gasteiger charge is -2.33. The van der Waals surface area contributed by atoms with E-state index < -0.39 is 0 Å². The molecule has 1 aromatic heterocycles. The van der Waals surface area contributed by atoms with Gasteiger partial charge in [0.2, 0.25) is 0 Å². The van der Waals surface area contributed by atoms with Gasteiger partial charge in [-0.3, -0.25) is 4.99 Å². The number of thiophene rings is 1. The van der Waals surface area contributed by atoms with E-state index in [0.717, 1.165) is 57.9 Å². The molecule has 1 atom stereocenters. The number of nitrogens with zero attached hydrogens (tertiary/aromatic N) is 2. The van der Waals surface area contributed by atoms with Crippen LogP contribution < -0.4 is 15.5 Å². The number of guanidine groups is 1. The third-order valence-corrected chi connectivity index (χ3v) is 5.67. The number of piperidine rings is 1. The first kappa shape index (κ1) is 18.5. The van der Waals surface area contributed by atoms with Gasteiger partial charge in [-0.15, -0.1) is 11.3 Å². The van der Waals surface area contributed by atoms with Crippen LogP contribution in [-0.4, -0.2) is 64.6 Å². The van der Waals surface area contributed by atoms with Crippen LogP contribution in [0.2, 0.25) is 0 Å². The van der Waals surface area contributed by atoms with Crippen LogP contribution in [0.25, 0.3) is 0 Å². The lowest BCUT2D eigenvalue weighted by Crippen LogP contribution is -2.49. The highest BCUT2D eigenvalue weighted by atomic mass is 32.1. The Balaban J connectivity index is 1.28. The number of nitrogens with one attached hydrogen (secondary N) is 2. The molecule has 0 aliphatic carbocycles. The van der Waals surface area contributed by atoms with Crippen LogP contribution in [0.4, 0.5) is 5.00 Å². The largest absolute Gasteiger partial charge is 0.377 e. The first-order valence-electron chi connectivity index (χ1n) is 9.30. The molecule has 0 radical (unpaired) electrons. The SMILES string of the molecule is CN=C(NCCOCC1CCCO1)NC1CCN(c2cccs2)CC1. The van der Waals surface area contributed by atoms with Crippen LogP contribution in [0.15, 0.2) is 22.5 Å². The van der Waals surface area contributed by atoms with Crippen molar-refractivity contribution in [1.82, 2.24) is 10.6 Å². The predicted octanol–water partition coefficient (Wildman–Crippen LogP) is 2.08. The minimum Gasteiger partial charge on any atom is -0.377 e. The van der Waals surface area contributed by atoms with Crippen molar-refractivity contribution in [3.63, 3.8) is 0 Å². The summed E-state index contributed by atoms with van der Waals surface area (Å²) in [6.45, 7) is 5.22. The van der Waals surface area contributed by atoms with E-state index in [0.29, 0.717) is 25.4 Å². The van der Waals surface area contributed by atoms with Gasteiger partial charge in [0, 0.05) is 39.3 Å². The number of ether oxygens (including phenoxy) is 2. The monoisotopic (exact) mass is 366 g/mol. The molecule has 2 aliphatic heterocycles. The molecule has 0 aromatic carbocycles. The van der Waals surface area contributed by atoms with E-state index >= 15 is 0 Å². The molecule has 2 fully saturated rings. The van der Waals surface area contributed by atoms with Gasteiger partial charge in [-0.2, -0.15) is 0 Å². The summed E-state index contributed by atoms with van der Waals surface area (Å²) in [6, 6.07) is 4.81. The average molecular weight is 367 g/mol. The Hall–Kier alpha value is -1.31. The van der Waals surface area contributed by atoms with E-state index in [-0.39, 0.29) is 0 Å². The van der Waals surface area contributed by atoms with Gasteiger partial charge >= 0.3 is 0 Å². The zero-order valence-corrected chi connectivity index (χ0v) is 15.9. The van der Waals surface area contributed by atoms with E-state index in [4.69, 9.17) is 9.47 Å². The highest BCUT2D eigenvalue weighted by Crippen LogP contribution is 2.24. The van der Waals surface area contributed by atoms with Crippen molar-refractivity contribution >= 4 is 22.3 Å². The van der Waals surface area contributed by atoms with Crippen LogP contribution in [0.1, 0.15) is 25.7 Å². The predicted molar refractivity (Wildman–Crippen MR) is 104 cm³/mol. The van der Waals surface area contributed by atoms with E-state index in [2.05, 4.69) is 38.0 Å². The lowest BCUT2D eigenvalue weighted by molar-refractivity contribution is 0.0191. The number of anilines is 1. The number of hydrogen-bond acceptors (Lipinski definition) is 5. The van der Waals surface area contributed by atoms with Gasteiger partial charge in [0.25, 0.3) is 0 Å². The summed E-state index contributed by atoms with van der Waals surface area (Å²) < 4.78 is 11.2. The van der Waals surface area contributed by atoms with Crippen LogP contribution in [-0.2, 0) is 9.47 Å². The summed E-state index contributed by atoms with van der Waals surface area (Å²) in [6.07, 6.45) is 4.85. The van der Waals surface area contributed by atoms with Crippen molar-refractivity contribution in [3.05, 3.63) is 17.5 Å². The minimum atomic E-state index is 0.297. The second-order valence-corrected chi connectivity index (χ2v) is 7.49. The molecule has 6 nitrogen and oxygen atoms in total. The van der Waals surface area contributed by atoms with E-state index in [1.165, 1.54) is 5.00 Å². The minimum absolute atomic E-state index is 0.297. The summed E-state index contributed by atoms with van der Waals surface area (Å²) in [5.41, 5.74) is 0. The van der Waals surface area contributed by atoms with Crippen LogP contribution >= 0.6 is 11.3 Å². The smallest absolute Gasteiger partial charge is 0.191 e. The van der Waals surface area contributed by atoms with Gasteiger partial charge in [-0.25, -0.2) is 0 Å². The van der Waals surface area contributed by atoms with Crippen LogP contribution in [0.3, 0.4) is 0 Å². The Morgan fingerprint density at radius 3 is 2.96 bits per heavy atom. The molecule has 7 heteroatoms. The Morgan fingerprint density at radius 2 is 2.28 bits per heavy atom. The molecule has 3 heterocycles. The Bertz CT molecular complexity index is 509. The van der Waals surface area contributed by atoms with Gasteiger partial charge in [-0.05, 0) is 43.2 Å². The zero-order chi connectivity index (χ0) is 17.3. The molecule has 0 amide bonds. The Labute approximate surface area is 154 Å². The van der Waals surface area contributed by atoms with Gasteiger partial charge in [0.1, 0.15) is 0 Å². The molecule has 0 bridgehead atoms.